The van der Waals surface area contributed by atoms with Crippen LogP contribution in [0.5, 0.6) is 0 Å². The van der Waals surface area contributed by atoms with Gasteiger partial charge in [-0.3, -0.25) is 4.79 Å². The molecule has 0 unspecified atom stereocenters. The molecule has 2 amide bonds. The van der Waals surface area contributed by atoms with Crippen LogP contribution in [0.4, 0.5) is 9.93 Å². The molecule has 3 aromatic rings. The summed E-state index contributed by atoms with van der Waals surface area (Å²) in [6.45, 7) is 13.5. The summed E-state index contributed by atoms with van der Waals surface area (Å²) >= 11 is 3.26. The van der Waals surface area contributed by atoms with Gasteiger partial charge in [0.2, 0.25) is 5.89 Å². The number of anilines is 1. The first-order chi connectivity index (χ1) is 18.9. The summed E-state index contributed by atoms with van der Waals surface area (Å²) in [5, 5.41) is 7.12. The van der Waals surface area contributed by atoms with Crippen LogP contribution in [0.2, 0.25) is 0 Å². The van der Waals surface area contributed by atoms with Crippen molar-refractivity contribution in [1.82, 2.24) is 20.2 Å². The molecule has 1 aromatic carbocycles. The van der Waals surface area contributed by atoms with E-state index in [2.05, 4.69) is 41.4 Å². The van der Waals surface area contributed by atoms with E-state index in [4.69, 9.17) is 9.15 Å². The third-order valence-electron chi connectivity index (χ3n) is 6.19. The first kappa shape index (κ1) is 29.9. The summed E-state index contributed by atoms with van der Waals surface area (Å²) in [7, 11) is 0. The highest BCUT2D eigenvalue weighted by molar-refractivity contribution is 8.00. The molecule has 1 atom stereocenters. The number of nitrogens with zero attached hydrogens (tertiary/aromatic N) is 3. The Morgan fingerprint density at radius 2 is 1.88 bits per heavy atom. The molecule has 1 saturated heterocycles. The number of alkyl carbamates (subject to hydrolysis) is 1. The third kappa shape index (κ3) is 8.72. The number of likely N-dealkylation sites (tertiary alicyclic amines) is 1. The average molecular weight is 586 g/mol. The Morgan fingerprint density at radius 1 is 1.12 bits per heavy atom. The number of carbonyl (C=O) groups is 2. The summed E-state index contributed by atoms with van der Waals surface area (Å²) in [6, 6.07) is 7.49. The second-order valence-electron chi connectivity index (χ2n) is 11.9. The summed E-state index contributed by atoms with van der Waals surface area (Å²) in [4.78, 5) is 35.9. The van der Waals surface area contributed by atoms with Crippen molar-refractivity contribution in [2.75, 3.05) is 18.4 Å². The molecule has 40 heavy (non-hydrogen) atoms. The minimum Gasteiger partial charge on any atom is -0.444 e. The van der Waals surface area contributed by atoms with Crippen molar-refractivity contribution in [3.63, 3.8) is 0 Å². The highest BCUT2D eigenvalue weighted by Gasteiger charge is 2.25. The molecule has 4 rings (SSSR count). The molecule has 1 aliphatic heterocycles. The lowest BCUT2D eigenvalue weighted by Crippen LogP contribution is -2.45. The second-order valence-corrected chi connectivity index (χ2v) is 14.2. The lowest BCUT2D eigenvalue weighted by atomic mass is 9.94. The molecule has 2 N–H and O–H groups in total. The smallest absolute Gasteiger partial charge is 0.407 e. The Balaban J connectivity index is 1.25. The number of thiazole rings is 1. The fourth-order valence-corrected chi connectivity index (χ4v) is 5.94. The van der Waals surface area contributed by atoms with Crippen LogP contribution in [0.3, 0.4) is 0 Å². The maximum Gasteiger partial charge on any atom is 0.407 e. The fraction of sp³-hybridized carbons (Fsp3) is 0.517. The van der Waals surface area contributed by atoms with E-state index in [0.717, 1.165) is 40.1 Å². The number of ether oxygens (including phenoxy) is 1. The zero-order chi connectivity index (χ0) is 28.9. The lowest BCUT2D eigenvalue weighted by Gasteiger charge is -2.33. The van der Waals surface area contributed by atoms with Crippen LogP contribution in [0.15, 0.2) is 45.3 Å². The maximum atomic E-state index is 13.2. The Bertz CT molecular complexity index is 1290. The minimum atomic E-state index is -0.544. The van der Waals surface area contributed by atoms with Gasteiger partial charge in [0, 0.05) is 36.7 Å². The largest absolute Gasteiger partial charge is 0.444 e. The number of oxazole rings is 1. The van der Waals surface area contributed by atoms with E-state index in [1.54, 1.807) is 23.1 Å². The van der Waals surface area contributed by atoms with E-state index in [-0.39, 0.29) is 17.4 Å². The number of benzene rings is 1. The third-order valence-corrected chi connectivity index (χ3v) is 8.30. The number of amides is 2. The van der Waals surface area contributed by atoms with Gasteiger partial charge in [-0.05, 0) is 51.3 Å². The number of aromatic nitrogens is 2. The first-order valence-electron chi connectivity index (χ1n) is 13.5. The molecule has 2 aromatic heterocycles. The van der Waals surface area contributed by atoms with Gasteiger partial charge in [0.25, 0.3) is 5.91 Å². The van der Waals surface area contributed by atoms with Gasteiger partial charge in [0.15, 0.2) is 5.13 Å². The van der Waals surface area contributed by atoms with Gasteiger partial charge in [0.1, 0.15) is 11.4 Å². The second kappa shape index (κ2) is 12.6. The Hall–Kier alpha value is -3.05. The van der Waals surface area contributed by atoms with Gasteiger partial charge in [-0.1, -0.05) is 44.2 Å². The number of hydrogen-bond donors (Lipinski definition) is 2. The zero-order valence-corrected chi connectivity index (χ0v) is 25.7. The average Bonchev–Trinajstić information content (AvgIpc) is 3.55. The van der Waals surface area contributed by atoms with E-state index < -0.39 is 11.7 Å². The van der Waals surface area contributed by atoms with Gasteiger partial charge >= 0.3 is 6.09 Å². The van der Waals surface area contributed by atoms with E-state index in [1.165, 1.54) is 0 Å². The van der Waals surface area contributed by atoms with Gasteiger partial charge in [-0.2, -0.15) is 0 Å². The van der Waals surface area contributed by atoms with E-state index >= 15 is 0 Å². The highest BCUT2D eigenvalue weighted by Crippen LogP contribution is 2.32. The Labute approximate surface area is 244 Å². The van der Waals surface area contributed by atoms with Crippen LogP contribution < -0.4 is 10.6 Å². The molecule has 0 spiro atoms. The minimum absolute atomic E-state index is 0.00843. The van der Waals surface area contributed by atoms with Crippen LogP contribution >= 0.6 is 23.1 Å². The van der Waals surface area contributed by atoms with Crippen LogP contribution in [0.1, 0.15) is 82.0 Å². The van der Waals surface area contributed by atoms with Crippen molar-refractivity contribution in [2.24, 2.45) is 0 Å². The van der Waals surface area contributed by atoms with Crippen molar-refractivity contribution in [1.29, 1.82) is 0 Å². The van der Waals surface area contributed by atoms with Crippen molar-refractivity contribution >= 4 is 40.2 Å². The van der Waals surface area contributed by atoms with Gasteiger partial charge < -0.3 is 24.7 Å². The quantitative estimate of drug-likeness (QED) is 0.290. The predicted molar refractivity (Wildman–Crippen MR) is 159 cm³/mol. The number of carbonyl (C=O) groups excluding carboxylic acids is 2. The van der Waals surface area contributed by atoms with Crippen molar-refractivity contribution in [3.8, 4) is 0 Å². The molecule has 11 heteroatoms. The number of rotatable bonds is 8. The van der Waals surface area contributed by atoms with Crippen LogP contribution in [0.25, 0.3) is 0 Å². The molecule has 0 radical (unpaired) electrons. The standard InChI is InChI=1S/C29H39N5O4S2/c1-28(2,3)22-15-30-23(37-22)18-39-24-16-31-26(40-24)33-21-8-7-13-34(17-21)25(35)20-11-9-19(10-12-20)14-32-27(36)38-29(4,5)6/h9-12,15-16,21H,7-8,13-14,17-18H2,1-6H3,(H,31,33)(H,32,36)/t21-/m1/s1. The van der Waals surface area contributed by atoms with Crippen LogP contribution in [-0.2, 0) is 22.4 Å². The molecular formula is C29H39N5O4S2. The molecule has 216 valence electrons. The fourth-order valence-electron chi connectivity index (χ4n) is 4.14. The topological polar surface area (TPSA) is 110 Å². The van der Waals surface area contributed by atoms with Crippen molar-refractivity contribution in [2.45, 2.75) is 87.9 Å². The molecule has 0 saturated carbocycles. The van der Waals surface area contributed by atoms with E-state index in [1.807, 2.05) is 62.3 Å². The normalized spacial score (nSPS) is 16.1. The Morgan fingerprint density at radius 3 is 2.55 bits per heavy atom. The van der Waals surface area contributed by atoms with Gasteiger partial charge in [-0.25, -0.2) is 14.8 Å². The monoisotopic (exact) mass is 585 g/mol. The number of piperidine rings is 1. The summed E-state index contributed by atoms with van der Waals surface area (Å²) in [6.07, 6.45) is 5.12. The van der Waals surface area contributed by atoms with E-state index in [0.29, 0.717) is 30.3 Å². The summed E-state index contributed by atoms with van der Waals surface area (Å²) < 4.78 is 12.2. The van der Waals surface area contributed by atoms with E-state index in [9.17, 15) is 9.59 Å². The highest BCUT2D eigenvalue weighted by atomic mass is 32.2. The number of nitrogens with one attached hydrogen (secondary N) is 2. The molecule has 3 heterocycles. The molecule has 0 aliphatic carbocycles. The predicted octanol–water partition coefficient (Wildman–Crippen LogP) is 6.46. The number of thioether (sulfide) groups is 1. The van der Waals surface area contributed by atoms with Crippen molar-refractivity contribution in [3.05, 3.63) is 59.4 Å². The lowest BCUT2D eigenvalue weighted by molar-refractivity contribution is 0.0523. The van der Waals surface area contributed by atoms with Crippen molar-refractivity contribution < 1.29 is 18.7 Å². The van der Waals surface area contributed by atoms with Crippen LogP contribution in [-0.4, -0.2) is 51.6 Å². The first-order valence-corrected chi connectivity index (χ1v) is 15.3. The molecule has 9 nitrogen and oxygen atoms in total. The SMILES string of the molecule is CC(C)(C)OC(=O)NCc1ccc(C(=O)N2CCC[C@@H](Nc3ncc(SCc4ncc(C(C)(C)C)o4)s3)C2)cc1. The van der Waals surface area contributed by atoms with Gasteiger partial charge in [0.05, 0.1) is 22.4 Å². The molecule has 1 fully saturated rings. The Kier molecular flexibility index (Phi) is 9.45. The zero-order valence-electron chi connectivity index (χ0n) is 24.1. The molecule has 1 aliphatic rings. The summed E-state index contributed by atoms with van der Waals surface area (Å²) in [5.74, 6) is 2.26. The molecule has 0 bridgehead atoms. The van der Waals surface area contributed by atoms with Gasteiger partial charge in [-0.15, -0.1) is 11.8 Å². The van der Waals surface area contributed by atoms with Crippen LogP contribution in [0, 0.1) is 0 Å². The number of hydrogen-bond acceptors (Lipinski definition) is 9. The maximum absolute atomic E-state index is 13.2. The molecular weight excluding hydrogens is 546 g/mol. The summed E-state index contributed by atoms with van der Waals surface area (Å²) in [5.41, 5.74) is 0.930.